The van der Waals surface area contributed by atoms with Crippen LogP contribution < -0.4 is 5.32 Å². The Kier molecular flexibility index (Phi) is 5.20. The fourth-order valence-electron chi connectivity index (χ4n) is 8.33. The van der Waals surface area contributed by atoms with Crippen LogP contribution in [-0.4, -0.2) is 10.9 Å². The lowest BCUT2D eigenvalue weighted by molar-refractivity contribution is -0.132. The van der Waals surface area contributed by atoms with Gasteiger partial charge in [0.2, 0.25) is 5.91 Å². The Labute approximate surface area is 176 Å². The van der Waals surface area contributed by atoms with Gasteiger partial charge in [-0.15, -0.1) is 0 Å². The summed E-state index contributed by atoms with van der Waals surface area (Å²) in [4.78, 5) is 17.2. The van der Waals surface area contributed by atoms with Gasteiger partial charge in [0.1, 0.15) is 0 Å². The smallest absolute Gasteiger partial charge is 0.223 e. The van der Waals surface area contributed by atoms with Gasteiger partial charge in [-0.25, -0.2) is 0 Å². The van der Waals surface area contributed by atoms with E-state index >= 15 is 0 Å². The molecule has 0 saturated heterocycles. The first-order valence-electron chi connectivity index (χ1n) is 12.2. The summed E-state index contributed by atoms with van der Waals surface area (Å²) in [5.74, 6) is 6.07. The standard InChI is InChI=1S/C26H38N2O/c1-17-3-5-20-19(15-17)4-6-22-21(20)9-12-26(2)23(22)7-8-24(26)25(29)28-16-18-10-13-27-14-11-18/h10-11,13-14,17,19-24H,3-9,12,15-16H2,1-2H3,(H,28,29). The number of aromatic nitrogens is 1. The molecule has 0 bridgehead atoms. The highest BCUT2D eigenvalue weighted by molar-refractivity contribution is 5.80. The molecule has 5 rings (SSSR count). The minimum atomic E-state index is 0.208. The van der Waals surface area contributed by atoms with Gasteiger partial charge in [0.15, 0.2) is 0 Å². The minimum Gasteiger partial charge on any atom is -0.352 e. The van der Waals surface area contributed by atoms with E-state index in [0.29, 0.717) is 12.5 Å². The molecular formula is C26H38N2O. The van der Waals surface area contributed by atoms with E-state index in [1.54, 1.807) is 12.4 Å². The van der Waals surface area contributed by atoms with Gasteiger partial charge in [-0.2, -0.15) is 0 Å². The molecule has 1 N–H and O–H groups in total. The van der Waals surface area contributed by atoms with Crippen molar-refractivity contribution >= 4 is 5.91 Å². The highest BCUT2D eigenvalue weighted by atomic mass is 16.1. The largest absolute Gasteiger partial charge is 0.352 e. The zero-order chi connectivity index (χ0) is 20.0. The van der Waals surface area contributed by atoms with E-state index in [-0.39, 0.29) is 11.3 Å². The summed E-state index contributed by atoms with van der Waals surface area (Å²) in [6.45, 7) is 5.56. The zero-order valence-electron chi connectivity index (χ0n) is 18.3. The lowest BCUT2D eigenvalue weighted by atomic mass is 9.49. The number of pyridine rings is 1. The Hall–Kier alpha value is -1.38. The molecule has 8 unspecified atom stereocenters. The van der Waals surface area contributed by atoms with Crippen LogP contribution in [0, 0.1) is 46.8 Å². The second-order valence-electron chi connectivity index (χ2n) is 11.1. The van der Waals surface area contributed by atoms with Crippen LogP contribution in [0.1, 0.15) is 77.2 Å². The summed E-state index contributed by atoms with van der Waals surface area (Å²) in [6, 6.07) is 3.99. The topological polar surface area (TPSA) is 42.0 Å². The average Bonchev–Trinajstić information content (AvgIpc) is 3.09. The average molecular weight is 395 g/mol. The van der Waals surface area contributed by atoms with Crippen LogP contribution in [0.25, 0.3) is 0 Å². The summed E-state index contributed by atoms with van der Waals surface area (Å²) in [6.07, 6.45) is 15.9. The third-order valence-corrected chi connectivity index (χ3v) is 9.75. The van der Waals surface area contributed by atoms with Crippen LogP contribution in [0.2, 0.25) is 0 Å². The quantitative estimate of drug-likeness (QED) is 0.725. The van der Waals surface area contributed by atoms with Crippen molar-refractivity contribution in [1.29, 1.82) is 0 Å². The van der Waals surface area contributed by atoms with Gasteiger partial charge in [-0.1, -0.05) is 20.3 Å². The number of nitrogens with zero attached hydrogens (tertiary/aromatic N) is 1. The molecule has 0 radical (unpaired) electrons. The molecule has 1 amide bonds. The molecule has 0 spiro atoms. The first kappa shape index (κ1) is 19.6. The lowest BCUT2D eigenvalue weighted by Gasteiger charge is -2.56. The Balaban J connectivity index is 1.27. The first-order valence-corrected chi connectivity index (χ1v) is 12.2. The van der Waals surface area contributed by atoms with Crippen LogP contribution in [0.5, 0.6) is 0 Å². The van der Waals surface area contributed by atoms with Crippen LogP contribution in [-0.2, 0) is 11.3 Å². The number of carbonyl (C=O) groups excluding carboxylic acids is 1. The molecule has 4 fully saturated rings. The Morgan fingerprint density at radius 2 is 1.83 bits per heavy atom. The van der Waals surface area contributed by atoms with E-state index < -0.39 is 0 Å². The molecule has 158 valence electrons. The molecule has 4 aliphatic rings. The molecule has 3 heteroatoms. The van der Waals surface area contributed by atoms with Gasteiger partial charge in [-0.05, 0) is 110 Å². The molecule has 4 aliphatic carbocycles. The van der Waals surface area contributed by atoms with Gasteiger partial charge in [0.05, 0.1) is 0 Å². The molecule has 1 aromatic heterocycles. The highest BCUT2D eigenvalue weighted by Crippen LogP contribution is 2.64. The molecule has 29 heavy (non-hydrogen) atoms. The third-order valence-electron chi connectivity index (χ3n) is 9.75. The predicted octanol–water partition coefficient (Wildman–Crippen LogP) is 5.60. The molecule has 1 heterocycles. The van der Waals surface area contributed by atoms with Crippen molar-refractivity contribution in [2.24, 2.45) is 46.8 Å². The number of nitrogens with one attached hydrogen (secondary N) is 1. The van der Waals surface area contributed by atoms with Crippen molar-refractivity contribution in [2.45, 2.75) is 78.2 Å². The van der Waals surface area contributed by atoms with Gasteiger partial charge in [0.25, 0.3) is 0 Å². The van der Waals surface area contributed by atoms with Crippen molar-refractivity contribution in [1.82, 2.24) is 10.3 Å². The zero-order valence-corrected chi connectivity index (χ0v) is 18.3. The van der Waals surface area contributed by atoms with Crippen molar-refractivity contribution in [2.75, 3.05) is 0 Å². The normalized spacial score (nSPS) is 43.7. The Morgan fingerprint density at radius 3 is 2.66 bits per heavy atom. The van der Waals surface area contributed by atoms with Gasteiger partial charge >= 0.3 is 0 Å². The first-order chi connectivity index (χ1) is 14.1. The molecule has 8 atom stereocenters. The maximum absolute atomic E-state index is 13.2. The van der Waals surface area contributed by atoms with Crippen LogP contribution >= 0.6 is 0 Å². The van der Waals surface area contributed by atoms with Crippen molar-refractivity contribution in [3.63, 3.8) is 0 Å². The molecule has 0 aromatic carbocycles. The highest BCUT2D eigenvalue weighted by Gasteiger charge is 2.58. The maximum Gasteiger partial charge on any atom is 0.223 e. The number of hydrogen-bond donors (Lipinski definition) is 1. The van der Waals surface area contributed by atoms with Crippen LogP contribution in [0.3, 0.4) is 0 Å². The second-order valence-corrected chi connectivity index (χ2v) is 11.1. The second kappa shape index (κ2) is 7.71. The van der Waals surface area contributed by atoms with Gasteiger partial charge in [-0.3, -0.25) is 9.78 Å². The third kappa shape index (κ3) is 3.43. The minimum absolute atomic E-state index is 0.208. The van der Waals surface area contributed by atoms with Crippen molar-refractivity contribution < 1.29 is 4.79 Å². The molecule has 0 aliphatic heterocycles. The van der Waals surface area contributed by atoms with Gasteiger partial charge in [0, 0.05) is 24.9 Å². The fourth-order valence-corrected chi connectivity index (χ4v) is 8.33. The monoisotopic (exact) mass is 394 g/mol. The predicted molar refractivity (Wildman–Crippen MR) is 116 cm³/mol. The Morgan fingerprint density at radius 1 is 1.03 bits per heavy atom. The van der Waals surface area contributed by atoms with E-state index in [1.807, 2.05) is 12.1 Å². The molecule has 1 aromatic rings. The maximum atomic E-state index is 13.2. The van der Waals surface area contributed by atoms with Crippen LogP contribution in [0.15, 0.2) is 24.5 Å². The SMILES string of the molecule is CC1CCC2C(CCC3C2CCC2(C)C(C(=O)NCc4ccncc4)CCC32)C1. The van der Waals surface area contributed by atoms with E-state index in [4.69, 9.17) is 0 Å². The number of amides is 1. The molecule has 4 saturated carbocycles. The van der Waals surface area contributed by atoms with E-state index in [1.165, 1.54) is 51.4 Å². The molecular weight excluding hydrogens is 356 g/mol. The number of rotatable bonds is 3. The number of fused-ring (bicyclic) bond motifs is 5. The van der Waals surface area contributed by atoms with Crippen molar-refractivity contribution in [3.8, 4) is 0 Å². The van der Waals surface area contributed by atoms with E-state index in [0.717, 1.165) is 47.5 Å². The van der Waals surface area contributed by atoms with Gasteiger partial charge < -0.3 is 5.32 Å². The summed E-state index contributed by atoms with van der Waals surface area (Å²) in [7, 11) is 0. The number of hydrogen-bond acceptors (Lipinski definition) is 2. The van der Waals surface area contributed by atoms with E-state index in [2.05, 4.69) is 24.1 Å². The summed E-state index contributed by atoms with van der Waals surface area (Å²) >= 11 is 0. The van der Waals surface area contributed by atoms with Crippen molar-refractivity contribution in [3.05, 3.63) is 30.1 Å². The van der Waals surface area contributed by atoms with E-state index in [9.17, 15) is 4.79 Å². The number of carbonyl (C=O) groups is 1. The fraction of sp³-hybridized carbons (Fsp3) is 0.769. The lowest BCUT2D eigenvalue weighted by Crippen LogP contribution is -2.50. The summed E-state index contributed by atoms with van der Waals surface area (Å²) in [5, 5.41) is 3.25. The summed E-state index contributed by atoms with van der Waals surface area (Å²) in [5.41, 5.74) is 1.36. The van der Waals surface area contributed by atoms with Crippen LogP contribution in [0.4, 0.5) is 0 Å². The molecule has 3 nitrogen and oxygen atoms in total. The Bertz CT molecular complexity index is 733. The summed E-state index contributed by atoms with van der Waals surface area (Å²) < 4.78 is 0.